The Morgan fingerprint density at radius 3 is 2.21 bits per heavy atom. The topological polar surface area (TPSA) is 43.1 Å². The normalized spacial score (nSPS) is 11.1. The predicted molar refractivity (Wildman–Crippen MR) is 172 cm³/mol. The van der Waals surface area contributed by atoms with Crippen molar-refractivity contribution in [3.05, 3.63) is 152 Å². The van der Waals surface area contributed by atoms with E-state index in [0.717, 1.165) is 66.9 Å². The SMILES string of the molecule is [Pt+2].[c-]1c(-c2cccc(-c3cccc4c3[n-]c3ccccc34)n2)cccc1N(c1ccccn1)c1cccc2ccccc12. The number of pyridine rings is 2. The van der Waals surface area contributed by atoms with Gasteiger partial charge < -0.3 is 9.88 Å². The third-order valence-electron chi connectivity index (χ3n) is 7.67. The Balaban J connectivity index is 0.00000300. The minimum Gasteiger partial charge on any atom is -0.656 e. The molecule has 5 heteroatoms. The average Bonchev–Trinajstić information content (AvgIpc) is 3.45. The zero-order valence-electron chi connectivity index (χ0n) is 23.0. The maximum atomic E-state index is 5.12. The van der Waals surface area contributed by atoms with E-state index in [2.05, 4.69) is 120 Å². The zero-order valence-corrected chi connectivity index (χ0v) is 25.2. The number of nitrogens with zero attached hydrogens (tertiary/aromatic N) is 4. The molecule has 3 heterocycles. The standard InChI is InChI=1S/C38H24N4.Pt/c1-2-15-29-26(11-1)12-8-22-36(29)42(37-23-5-6-24-39-37)28-14-7-13-27(25-28)33-20-10-21-35(40-33)32-18-9-17-31-30-16-3-4-19-34(30)41-38(31)32;/h1-24H;/q-2;+2. The van der Waals surface area contributed by atoms with Gasteiger partial charge in [-0.05, 0) is 57.4 Å². The van der Waals surface area contributed by atoms with Crippen LogP contribution in [0.3, 0.4) is 0 Å². The number of benzene rings is 5. The number of hydrogen-bond acceptors (Lipinski definition) is 3. The first kappa shape index (κ1) is 26.8. The molecule has 0 saturated carbocycles. The summed E-state index contributed by atoms with van der Waals surface area (Å²) >= 11 is 0. The van der Waals surface area contributed by atoms with E-state index in [1.54, 1.807) is 0 Å². The summed E-state index contributed by atoms with van der Waals surface area (Å²) in [5.74, 6) is 0.824. The maximum Gasteiger partial charge on any atom is 2.00 e. The summed E-state index contributed by atoms with van der Waals surface area (Å²) in [5.41, 5.74) is 7.56. The van der Waals surface area contributed by atoms with Crippen molar-refractivity contribution in [3.63, 3.8) is 0 Å². The molecule has 0 aliphatic rings. The Bertz CT molecular complexity index is 2220. The van der Waals surface area contributed by atoms with Gasteiger partial charge in [0.25, 0.3) is 0 Å². The molecule has 0 spiro atoms. The molecule has 0 unspecified atom stereocenters. The van der Waals surface area contributed by atoms with Gasteiger partial charge in [-0.25, -0.2) is 4.98 Å². The molecule has 0 aliphatic carbocycles. The summed E-state index contributed by atoms with van der Waals surface area (Å²) in [6, 6.07) is 51.4. The number of hydrogen-bond donors (Lipinski definition) is 0. The number of rotatable bonds is 5. The monoisotopic (exact) mass is 731 g/mol. The van der Waals surface area contributed by atoms with E-state index in [1.165, 1.54) is 5.39 Å². The molecule has 0 radical (unpaired) electrons. The van der Waals surface area contributed by atoms with E-state index in [0.29, 0.717) is 0 Å². The second kappa shape index (κ2) is 11.3. The van der Waals surface area contributed by atoms with Crippen molar-refractivity contribution in [2.45, 2.75) is 0 Å². The second-order valence-corrected chi connectivity index (χ2v) is 10.2. The first-order chi connectivity index (χ1) is 20.8. The van der Waals surface area contributed by atoms with Gasteiger partial charge in [0.2, 0.25) is 0 Å². The minimum absolute atomic E-state index is 0. The van der Waals surface area contributed by atoms with Crippen LogP contribution >= 0.6 is 0 Å². The molecule has 4 nitrogen and oxygen atoms in total. The molecule has 0 atom stereocenters. The maximum absolute atomic E-state index is 5.12. The van der Waals surface area contributed by atoms with Crippen LogP contribution in [0.25, 0.3) is 55.1 Å². The van der Waals surface area contributed by atoms with Crippen LogP contribution in [-0.2, 0) is 21.1 Å². The van der Waals surface area contributed by atoms with Gasteiger partial charge in [0.05, 0.1) is 11.4 Å². The van der Waals surface area contributed by atoms with Crippen molar-refractivity contribution in [1.29, 1.82) is 0 Å². The van der Waals surface area contributed by atoms with Gasteiger partial charge in [-0.1, -0.05) is 97.1 Å². The number of aromatic nitrogens is 3. The van der Waals surface area contributed by atoms with Gasteiger partial charge in [0.1, 0.15) is 5.82 Å². The van der Waals surface area contributed by atoms with E-state index in [4.69, 9.17) is 15.0 Å². The molecule has 0 fully saturated rings. The van der Waals surface area contributed by atoms with Crippen LogP contribution in [0.5, 0.6) is 0 Å². The summed E-state index contributed by atoms with van der Waals surface area (Å²) < 4.78 is 0. The molecule has 0 aliphatic heterocycles. The molecular formula is C38H24N4Pt. The van der Waals surface area contributed by atoms with Crippen LogP contribution in [0, 0.1) is 6.07 Å². The van der Waals surface area contributed by atoms with Crippen molar-refractivity contribution in [2.24, 2.45) is 0 Å². The van der Waals surface area contributed by atoms with E-state index in [1.807, 2.05) is 36.5 Å². The summed E-state index contributed by atoms with van der Waals surface area (Å²) in [5, 5.41) is 4.62. The molecule has 8 rings (SSSR count). The number of fused-ring (bicyclic) bond motifs is 4. The predicted octanol–water partition coefficient (Wildman–Crippen LogP) is 9.49. The summed E-state index contributed by atoms with van der Waals surface area (Å²) in [7, 11) is 0. The van der Waals surface area contributed by atoms with Crippen molar-refractivity contribution >= 4 is 49.8 Å². The van der Waals surface area contributed by atoms with Crippen molar-refractivity contribution < 1.29 is 21.1 Å². The third kappa shape index (κ3) is 4.80. The zero-order chi connectivity index (χ0) is 27.9. The molecule has 0 N–H and O–H groups in total. The van der Waals surface area contributed by atoms with Crippen LogP contribution in [0.1, 0.15) is 0 Å². The summed E-state index contributed by atoms with van der Waals surface area (Å²) in [6.45, 7) is 0. The van der Waals surface area contributed by atoms with Crippen molar-refractivity contribution in [1.82, 2.24) is 15.0 Å². The largest absolute Gasteiger partial charge is 2.00 e. The van der Waals surface area contributed by atoms with E-state index in [9.17, 15) is 0 Å². The molecule has 3 aromatic heterocycles. The Labute approximate surface area is 264 Å². The van der Waals surface area contributed by atoms with E-state index < -0.39 is 0 Å². The fraction of sp³-hybridized carbons (Fsp3) is 0. The number of anilines is 3. The van der Waals surface area contributed by atoms with Gasteiger partial charge in [-0.2, -0.15) is 0 Å². The van der Waals surface area contributed by atoms with Crippen LogP contribution in [0.2, 0.25) is 0 Å². The first-order valence-electron chi connectivity index (χ1n) is 14.0. The summed E-state index contributed by atoms with van der Waals surface area (Å²) in [4.78, 5) is 17.0. The van der Waals surface area contributed by atoms with Gasteiger partial charge in [0, 0.05) is 11.6 Å². The average molecular weight is 732 g/mol. The number of para-hydroxylation sites is 2. The summed E-state index contributed by atoms with van der Waals surface area (Å²) in [6.07, 6.45) is 1.82. The first-order valence-corrected chi connectivity index (χ1v) is 14.0. The van der Waals surface area contributed by atoms with Crippen LogP contribution in [0.15, 0.2) is 146 Å². The Kier molecular flexibility index (Phi) is 7.06. The minimum atomic E-state index is 0. The molecule has 5 aromatic carbocycles. The quantitative estimate of drug-likeness (QED) is 0.166. The molecule has 43 heavy (non-hydrogen) atoms. The molecular weight excluding hydrogens is 708 g/mol. The smallest absolute Gasteiger partial charge is 0.656 e. The molecule has 8 aromatic rings. The molecule has 206 valence electrons. The van der Waals surface area contributed by atoms with Crippen LogP contribution < -0.4 is 9.88 Å². The van der Waals surface area contributed by atoms with Gasteiger partial charge in [-0.3, -0.25) is 4.98 Å². The fourth-order valence-corrected chi connectivity index (χ4v) is 5.74. The third-order valence-corrected chi connectivity index (χ3v) is 7.67. The van der Waals surface area contributed by atoms with Crippen molar-refractivity contribution in [3.8, 4) is 22.5 Å². The second-order valence-electron chi connectivity index (χ2n) is 10.2. The Morgan fingerprint density at radius 2 is 1.30 bits per heavy atom. The Hall–Kier alpha value is -5.05. The fourth-order valence-electron chi connectivity index (χ4n) is 5.74. The van der Waals surface area contributed by atoms with E-state index >= 15 is 0 Å². The van der Waals surface area contributed by atoms with Gasteiger partial charge in [0.15, 0.2) is 0 Å². The van der Waals surface area contributed by atoms with Crippen LogP contribution in [-0.4, -0.2) is 9.97 Å². The molecule has 0 saturated heterocycles. The van der Waals surface area contributed by atoms with Crippen LogP contribution in [0.4, 0.5) is 17.2 Å². The van der Waals surface area contributed by atoms with E-state index in [-0.39, 0.29) is 21.1 Å². The van der Waals surface area contributed by atoms with Gasteiger partial charge in [-0.15, -0.1) is 40.9 Å². The van der Waals surface area contributed by atoms with Crippen molar-refractivity contribution in [2.75, 3.05) is 4.90 Å². The Morgan fingerprint density at radius 1 is 0.581 bits per heavy atom. The molecule has 0 amide bonds. The molecule has 0 bridgehead atoms. The van der Waals surface area contributed by atoms with Gasteiger partial charge >= 0.3 is 21.1 Å².